The molecule has 0 aliphatic heterocycles. The van der Waals surface area contributed by atoms with Crippen molar-refractivity contribution in [2.45, 2.75) is 40.8 Å². The number of ether oxygens (including phenoxy) is 2. The van der Waals surface area contributed by atoms with Crippen molar-refractivity contribution in [3.63, 3.8) is 0 Å². The van der Waals surface area contributed by atoms with Crippen molar-refractivity contribution in [2.75, 3.05) is 11.9 Å². The number of aromatic nitrogens is 4. The van der Waals surface area contributed by atoms with Crippen molar-refractivity contribution >= 4 is 28.2 Å². The first-order valence-corrected chi connectivity index (χ1v) is 10.3. The average Bonchev–Trinajstić information content (AvgIpc) is 3.30. The number of rotatable bonds is 8. The van der Waals surface area contributed by atoms with Gasteiger partial charge in [0.2, 0.25) is 0 Å². The van der Waals surface area contributed by atoms with Gasteiger partial charge in [0.25, 0.3) is 5.91 Å². The number of esters is 1. The predicted octanol–water partition coefficient (Wildman–Crippen LogP) is 3.38. The lowest BCUT2D eigenvalue weighted by Crippen LogP contribution is -2.15. The largest absolute Gasteiger partial charge is 0.486 e. The fourth-order valence-electron chi connectivity index (χ4n) is 2.76. The molecule has 0 radical (unpaired) electrons. The third kappa shape index (κ3) is 4.65. The van der Waals surface area contributed by atoms with Crippen LogP contribution in [0.1, 0.15) is 50.8 Å². The maximum atomic E-state index is 12.7. The van der Waals surface area contributed by atoms with E-state index in [2.05, 4.69) is 20.8 Å². The van der Waals surface area contributed by atoms with Crippen molar-refractivity contribution in [3.8, 4) is 5.75 Å². The van der Waals surface area contributed by atoms with Crippen LogP contribution in [0.25, 0.3) is 0 Å². The minimum atomic E-state index is -0.437. The Bertz CT molecular complexity index is 1040. The lowest BCUT2D eigenvalue weighted by molar-refractivity contribution is 0.0527. The quantitative estimate of drug-likeness (QED) is 0.547. The Morgan fingerprint density at radius 2 is 1.90 bits per heavy atom. The van der Waals surface area contributed by atoms with Crippen molar-refractivity contribution in [3.05, 3.63) is 51.7 Å². The molecule has 10 heteroatoms. The van der Waals surface area contributed by atoms with Crippen LogP contribution in [0.5, 0.6) is 5.75 Å². The van der Waals surface area contributed by atoms with E-state index in [0.717, 1.165) is 10.4 Å². The fourth-order valence-corrected chi connectivity index (χ4v) is 3.81. The maximum Gasteiger partial charge on any atom is 0.341 e. The number of anilines is 1. The molecule has 1 amide bonds. The van der Waals surface area contributed by atoms with Gasteiger partial charge in [-0.15, -0.1) is 16.4 Å². The lowest BCUT2D eigenvalue weighted by atomic mass is 10.1. The van der Waals surface area contributed by atoms with Crippen molar-refractivity contribution in [2.24, 2.45) is 0 Å². The number of carbonyl (C=O) groups is 2. The SMILES string of the molecule is CCOC(=O)c1c(NC(=O)c2ccc(OCc3nnnn3CC)cc2)sc(C)c1C. The zero-order valence-corrected chi connectivity index (χ0v) is 18.1. The summed E-state index contributed by atoms with van der Waals surface area (Å²) in [6.07, 6.45) is 0. The topological polar surface area (TPSA) is 108 Å². The number of thiophene rings is 1. The van der Waals surface area contributed by atoms with Gasteiger partial charge < -0.3 is 14.8 Å². The van der Waals surface area contributed by atoms with E-state index in [9.17, 15) is 9.59 Å². The van der Waals surface area contributed by atoms with Gasteiger partial charge in [-0.25, -0.2) is 9.48 Å². The van der Waals surface area contributed by atoms with Gasteiger partial charge in [-0.05, 0) is 68.0 Å². The highest BCUT2D eigenvalue weighted by Crippen LogP contribution is 2.33. The van der Waals surface area contributed by atoms with Gasteiger partial charge in [0, 0.05) is 17.0 Å². The highest BCUT2D eigenvalue weighted by Gasteiger charge is 2.22. The van der Waals surface area contributed by atoms with Gasteiger partial charge in [0.15, 0.2) is 5.82 Å². The number of hydrogen-bond donors (Lipinski definition) is 1. The second-order valence-corrected chi connectivity index (χ2v) is 7.61. The van der Waals surface area contributed by atoms with Crippen LogP contribution in [0, 0.1) is 13.8 Å². The molecule has 2 aromatic heterocycles. The monoisotopic (exact) mass is 429 g/mol. The highest BCUT2D eigenvalue weighted by atomic mass is 32.1. The van der Waals surface area contributed by atoms with E-state index in [1.165, 1.54) is 11.3 Å². The van der Waals surface area contributed by atoms with E-state index in [1.807, 2.05) is 20.8 Å². The van der Waals surface area contributed by atoms with Crippen molar-refractivity contribution in [1.29, 1.82) is 0 Å². The van der Waals surface area contributed by atoms with Gasteiger partial charge in [0.05, 0.1) is 12.2 Å². The van der Waals surface area contributed by atoms with Crippen LogP contribution < -0.4 is 10.1 Å². The number of aryl methyl sites for hydroxylation is 2. The molecule has 1 aromatic carbocycles. The van der Waals surface area contributed by atoms with Gasteiger partial charge in [-0.2, -0.15) is 0 Å². The molecule has 30 heavy (non-hydrogen) atoms. The molecular weight excluding hydrogens is 406 g/mol. The van der Waals surface area contributed by atoms with Crippen LogP contribution in [0.15, 0.2) is 24.3 Å². The molecule has 1 N–H and O–H groups in total. The lowest BCUT2D eigenvalue weighted by Gasteiger charge is -2.09. The number of tetrazole rings is 1. The van der Waals surface area contributed by atoms with E-state index in [0.29, 0.717) is 34.2 Å². The van der Waals surface area contributed by atoms with Crippen LogP contribution in [0.3, 0.4) is 0 Å². The van der Waals surface area contributed by atoms with E-state index < -0.39 is 5.97 Å². The molecular formula is C20H23N5O4S. The number of nitrogens with one attached hydrogen (secondary N) is 1. The van der Waals surface area contributed by atoms with Gasteiger partial charge >= 0.3 is 5.97 Å². The summed E-state index contributed by atoms with van der Waals surface area (Å²) in [5, 5.41) is 14.7. The Morgan fingerprint density at radius 3 is 2.57 bits per heavy atom. The molecule has 0 saturated carbocycles. The number of benzene rings is 1. The molecule has 9 nitrogen and oxygen atoms in total. The molecule has 0 saturated heterocycles. The van der Waals surface area contributed by atoms with Crippen molar-refractivity contribution < 1.29 is 19.1 Å². The standard InChI is InChI=1S/C20H23N5O4S/c1-5-25-16(22-23-24-25)11-29-15-9-7-14(8-10-15)18(26)21-19-17(20(27)28-6-2)12(3)13(4)30-19/h7-10H,5-6,11H2,1-4H3,(H,21,26). The van der Waals surface area contributed by atoms with E-state index in [1.54, 1.807) is 35.9 Å². The molecule has 0 bridgehead atoms. The normalized spacial score (nSPS) is 10.7. The number of carbonyl (C=O) groups excluding carboxylic acids is 2. The van der Waals surface area contributed by atoms with Crippen LogP contribution in [-0.2, 0) is 17.9 Å². The summed E-state index contributed by atoms with van der Waals surface area (Å²) >= 11 is 1.35. The van der Waals surface area contributed by atoms with E-state index in [-0.39, 0.29) is 19.1 Å². The first-order valence-electron chi connectivity index (χ1n) is 9.50. The smallest absolute Gasteiger partial charge is 0.341 e. The Hall–Kier alpha value is -3.27. The average molecular weight is 430 g/mol. The Labute approximate surface area is 178 Å². The highest BCUT2D eigenvalue weighted by molar-refractivity contribution is 7.16. The molecule has 0 unspecified atom stereocenters. The Morgan fingerprint density at radius 1 is 1.17 bits per heavy atom. The predicted molar refractivity (Wildman–Crippen MR) is 112 cm³/mol. The molecule has 0 spiro atoms. The molecule has 0 aliphatic rings. The second kappa shape index (κ2) is 9.49. The third-order valence-corrected chi connectivity index (χ3v) is 5.60. The van der Waals surface area contributed by atoms with Gasteiger partial charge in [0.1, 0.15) is 17.4 Å². The van der Waals surface area contributed by atoms with E-state index in [4.69, 9.17) is 9.47 Å². The second-order valence-electron chi connectivity index (χ2n) is 6.39. The minimum Gasteiger partial charge on any atom is -0.486 e. The molecule has 0 aliphatic carbocycles. The number of amides is 1. The van der Waals surface area contributed by atoms with Crippen molar-refractivity contribution in [1.82, 2.24) is 20.2 Å². The maximum absolute atomic E-state index is 12.7. The van der Waals surface area contributed by atoms with Crippen LogP contribution in [0.2, 0.25) is 0 Å². The summed E-state index contributed by atoms with van der Waals surface area (Å²) in [5.74, 6) is 0.456. The van der Waals surface area contributed by atoms with Crippen LogP contribution in [-0.4, -0.2) is 38.7 Å². The molecule has 3 aromatic rings. The first-order chi connectivity index (χ1) is 14.4. The summed E-state index contributed by atoms with van der Waals surface area (Å²) in [5.41, 5.74) is 1.66. The minimum absolute atomic E-state index is 0.225. The summed E-state index contributed by atoms with van der Waals surface area (Å²) in [6.45, 7) is 8.58. The van der Waals surface area contributed by atoms with Gasteiger partial charge in [-0.1, -0.05) is 0 Å². The molecule has 158 valence electrons. The van der Waals surface area contributed by atoms with Crippen LogP contribution in [0.4, 0.5) is 5.00 Å². The summed E-state index contributed by atoms with van der Waals surface area (Å²) in [4.78, 5) is 25.9. The third-order valence-electron chi connectivity index (χ3n) is 4.48. The number of hydrogen-bond acceptors (Lipinski definition) is 8. The van der Waals surface area contributed by atoms with Gasteiger partial charge in [-0.3, -0.25) is 4.79 Å². The molecule has 0 fully saturated rings. The Balaban J connectivity index is 1.68. The fraction of sp³-hybridized carbons (Fsp3) is 0.350. The van der Waals surface area contributed by atoms with Crippen LogP contribution >= 0.6 is 11.3 Å². The summed E-state index contributed by atoms with van der Waals surface area (Å²) < 4.78 is 12.5. The molecule has 0 atom stereocenters. The zero-order valence-electron chi connectivity index (χ0n) is 17.3. The zero-order chi connectivity index (χ0) is 21.7. The Kier molecular flexibility index (Phi) is 6.78. The van der Waals surface area contributed by atoms with E-state index >= 15 is 0 Å². The number of nitrogens with zero attached hydrogens (tertiary/aromatic N) is 4. The first kappa shape index (κ1) is 21.4. The molecule has 3 rings (SSSR count). The molecule has 2 heterocycles. The summed E-state index contributed by atoms with van der Waals surface area (Å²) in [7, 11) is 0. The summed E-state index contributed by atoms with van der Waals surface area (Å²) in [6, 6.07) is 6.72.